The summed E-state index contributed by atoms with van der Waals surface area (Å²) in [5, 5.41) is 5.11. The highest BCUT2D eigenvalue weighted by atomic mass is 16.2. The second kappa shape index (κ2) is 9.27. The van der Waals surface area contributed by atoms with Gasteiger partial charge in [0.1, 0.15) is 0 Å². The van der Waals surface area contributed by atoms with E-state index < -0.39 is 0 Å². The van der Waals surface area contributed by atoms with E-state index >= 15 is 0 Å². The highest BCUT2D eigenvalue weighted by Crippen LogP contribution is 2.36. The molecule has 2 unspecified atom stereocenters. The molecular formula is C27H35N5O. The fourth-order valence-corrected chi connectivity index (χ4v) is 5.39. The summed E-state index contributed by atoms with van der Waals surface area (Å²) in [6, 6.07) is 12.7. The number of nitrogens with one attached hydrogen (secondary N) is 1. The summed E-state index contributed by atoms with van der Waals surface area (Å²) in [7, 11) is 2.13. The monoisotopic (exact) mass is 445 g/mol. The van der Waals surface area contributed by atoms with Gasteiger partial charge in [0.2, 0.25) is 5.91 Å². The van der Waals surface area contributed by atoms with E-state index in [1.54, 1.807) is 0 Å². The van der Waals surface area contributed by atoms with Gasteiger partial charge in [-0.2, -0.15) is 0 Å². The number of carbonyl (C=O) groups excluding carboxylic acids is 1. The molecule has 2 atom stereocenters. The third-order valence-electron chi connectivity index (χ3n) is 7.10. The Morgan fingerprint density at radius 2 is 1.94 bits per heavy atom. The first kappa shape index (κ1) is 22.1. The molecule has 1 fully saturated rings. The third-order valence-corrected chi connectivity index (χ3v) is 7.10. The Kier molecular flexibility index (Phi) is 6.21. The van der Waals surface area contributed by atoms with Crippen molar-refractivity contribution in [1.29, 1.82) is 0 Å². The van der Waals surface area contributed by atoms with Gasteiger partial charge in [-0.25, -0.2) is 0 Å². The van der Waals surface area contributed by atoms with E-state index in [2.05, 4.69) is 76.0 Å². The van der Waals surface area contributed by atoms with E-state index in [9.17, 15) is 4.79 Å². The fraction of sp³-hybridized carbons (Fsp3) is 0.481. The second-order valence-corrected chi connectivity index (χ2v) is 10.1. The van der Waals surface area contributed by atoms with Crippen LogP contribution in [0.5, 0.6) is 0 Å². The maximum Gasteiger partial charge on any atom is 0.240 e. The molecule has 5 rings (SSSR count). The fourth-order valence-electron chi connectivity index (χ4n) is 5.39. The first-order chi connectivity index (χ1) is 16.0. The van der Waals surface area contributed by atoms with Gasteiger partial charge in [-0.1, -0.05) is 32.0 Å². The van der Waals surface area contributed by atoms with Crippen LogP contribution >= 0.6 is 0 Å². The molecule has 3 aromatic rings. The summed E-state index contributed by atoms with van der Waals surface area (Å²) in [5.41, 5.74) is 4.87. The average Bonchev–Trinajstić information content (AvgIpc) is 3.07. The average molecular weight is 446 g/mol. The zero-order valence-corrected chi connectivity index (χ0v) is 20.0. The number of carbonyl (C=O) groups is 1. The van der Waals surface area contributed by atoms with Gasteiger partial charge in [0.15, 0.2) is 0 Å². The number of aromatic nitrogens is 2. The van der Waals surface area contributed by atoms with Crippen LogP contribution in [0.2, 0.25) is 0 Å². The second-order valence-electron chi connectivity index (χ2n) is 10.1. The van der Waals surface area contributed by atoms with E-state index in [0.717, 1.165) is 51.3 Å². The van der Waals surface area contributed by atoms with Crippen LogP contribution in [0.15, 0.2) is 48.8 Å². The van der Waals surface area contributed by atoms with Crippen molar-refractivity contribution in [2.24, 2.45) is 5.92 Å². The van der Waals surface area contributed by atoms with Crippen LogP contribution in [0.1, 0.15) is 43.1 Å². The van der Waals surface area contributed by atoms with Crippen molar-refractivity contribution in [3.8, 4) is 0 Å². The summed E-state index contributed by atoms with van der Waals surface area (Å²) in [5.74, 6) is 0.782. The van der Waals surface area contributed by atoms with E-state index in [1.807, 2.05) is 18.3 Å². The maximum atomic E-state index is 13.6. The van der Waals surface area contributed by atoms with Crippen molar-refractivity contribution >= 4 is 16.8 Å². The minimum atomic E-state index is -0.196. The summed E-state index contributed by atoms with van der Waals surface area (Å²) in [6.45, 7) is 8.77. The zero-order valence-electron chi connectivity index (χ0n) is 20.0. The lowest BCUT2D eigenvalue weighted by molar-refractivity contribution is -0.135. The van der Waals surface area contributed by atoms with Crippen LogP contribution in [0.4, 0.5) is 0 Å². The molecule has 1 amide bonds. The molecule has 0 spiro atoms. The first-order valence-electron chi connectivity index (χ1n) is 12.2. The highest BCUT2D eigenvalue weighted by molar-refractivity contribution is 5.90. The molecule has 2 aliphatic heterocycles. The number of hydrogen-bond donors (Lipinski definition) is 1. The molecule has 1 N–H and O–H groups in total. The number of pyridine rings is 1. The number of hydrogen-bond acceptors (Lipinski definition) is 4. The normalized spacial score (nSPS) is 21.5. The standard InChI is InChI=1S/C27H35N5O/c1-19(2)15-23-22-8-6-9-25-26(22)20(17-32(25)18-21-7-4-5-10-28-21)16-24(29-23)27(33)31-13-11-30(3)12-14-31/h4-10,17,19,23-24,29H,11-16,18H2,1-3H3. The smallest absolute Gasteiger partial charge is 0.240 e. The molecule has 2 aromatic heterocycles. The quantitative estimate of drug-likeness (QED) is 0.654. The van der Waals surface area contributed by atoms with Crippen LogP contribution in [-0.2, 0) is 17.8 Å². The SMILES string of the molecule is CC(C)CC1NC(C(=O)N2CCN(C)CC2)Cc2cn(Cc3ccccn3)c3cccc1c23. The number of rotatable bonds is 5. The highest BCUT2D eigenvalue weighted by Gasteiger charge is 2.33. The van der Waals surface area contributed by atoms with Crippen LogP contribution in [0, 0.1) is 5.92 Å². The van der Waals surface area contributed by atoms with E-state index in [0.29, 0.717) is 5.92 Å². The lowest BCUT2D eigenvalue weighted by atomic mass is 9.94. The summed E-state index contributed by atoms with van der Waals surface area (Å²) >= 11 is 0. The zero-order chi connectivity index (χ0) is 22.9. The molecule has 6 heteroatoms. The largest absolute Gasteiger partial charge is 0.341 e. The summed E-state index contributed by atoms with van der Waals surface area (Å²) in [4.78, 5) is 22.5. The molecule has 0 bridgehead atoms. The molecule has 174 valence electrons. The Morgan fingerprint density at radius 1 is 1.12 bits per heavy atom. The lowest BCUT2D eigenvalue weighted by Gasteiger charge is -2.35. The Hall–Kier alpha value is -2.70. The van der Waals surface area contributed by atoms with Crippen LogP contribution in [-0.4, -0.2) is 64.5 Å². The molecule has 33 heavy (non-hydrogen) atoms. The predicted octanol–water partition coefficient (Wildman–Crippen LogP) is 3.46. The van der Waals surface area contributed by atoms with Gasteiger partial charge < -0.3 is 14.4 Å². The van der Waals surface area contributed by atoms with Gasteiger partial charge in [0.05, 0.1) is 18.3 Å². The molecule has 0 radical (unpaired) electrons. The number of amides is 1. The summed E-state index contributed by atoms with van der Waals surface area (Å²) in [6.07, 6.45) is 5.84. The van der Waals surface area contributed by atoms with E-state index in [-0.39, 0.29) is 18.0 Å². The third kappa shape index (κ3) is 4.55. The van der Waals surface area contributed by atoms with Gasteiger partial charge >= 0.3 is 0 Å². The lowest BCUT2D eigenvalue weighted by Crippen LogP contribution is -2.54. The molecule has 2 aliphatic rings. The van der Waals surface area contributed by atoms with Gasteiger partial charge in [-0.05, 0) is 55.1 Å². The molecular weight excluding hydrogens is 410 g/mol. The van der Waals surface area contributed by atoms with Crippen molar-refractivity contribution in [3.63, 3.8) is 0 Å². The molecule has 0 aliphatic carbocycles. The number of nitrogens with zero attached hydrogens (tertiary/aromatic N) is 4. The minimum Gasteiger partial charge on any atom is -0.341 e. The molecule has 1 saturated heterocycles. The van der Waals surface area contributed by atoms with Gasteiger partial charge in [0, 0.05) is 55.5 Å². The van der Waals surface area contributed by atoms with Crippen molar-refractivity contribution < 1.29 is 4.79 Å². The topological polar surface area (TPSA) is 53.4 Å². The van der Waals surface area contributed by atoms with Crippen molar-refractivity contribution in [2.75, 3.05) is 33.2 Å². The Balaban J connectivity index is 1.52. The van der Waals surface area contributed by atoms with Crippen LogP contribution in [0.25, 0.3) is 10.9 Å². The minimum absolute atomic E-state index is 0.169. The molecule has 6 nitrogen and oxygen atoms in total. The summed E-state index contributed by atoms with van der Waals surface area (Å²) < 4.78 is 2.31. The number of benzene rings is 1. The Morgan fingerprint density at radius 3 is 2.67 bits per heavy atom. The number of piperazine rings is 1. The maximum absolute atomic E-state index is 13.6. The van der Waals surface area contributed by atoms with E-state index in [4.69, 9.17) is 0 Å². The van der Waals surface area contributed by atoms with Crippen molar-refractivity contribution in [3.05, 3.63) is 65.6 Å². The molecule has 4 heterocycles. The first-order valence-corrected chi connectivity index (χ1v) is 12.2. The predicted molar refractivity (Wildman–Crippen MR) is 132 cm³/mol. The number of likely N-dealkylation sites (N-methyl/N-ethyl adjacent to an activating group) is 1. The van der Waals surface area contributed by atoms with Crippen LogP contribution < -0.4 is 5.32 Å². The van der Waals surface area contributed by atoms with Crippen molar-refractivity contribution in [1.82, 2.24) is 24.7 Å². The van der Waals surface area contributed by atoms with Gasteiger partial charge in [-0.15, -0.1) is 0 Å². The van der Waals surface area contributed by atoms with Crippen molar-refractivity contribution in [2.45, 2.75) is 45.3 Å². The Bertz CT molecular complexity index is 1110. The van der Waals surface area contributed by atoms with E-state index in [1.165, 1.54) is 22.0 Å². The van der Waals surface area contributed by atoms with Gasteiger partial charge in [0.25, 0.3) is 0 Å². The molecule has 1 aromatic carbocycles. The van der Waals surface area contributed by atoms with Gasteiger partial charge in [-0.3, -0.25) is 15.1 Å². The Labute approximate surface area is 196 Å². The molecule has 0 saturated carbocycles. The van der Waals surface area contributed by atoms with Crippen LogP contribution in [0.3, 0.4) is 0 Å².